The highest BCUT2D eigenvalue weighted by atomic mass is 16.5. The van der Waals surface area contributed by atoms with Crippen molar-refractivity contribution in [3.63, 3.8) is 0 Å². The molecule has 100 valence electrons. The molecule has 0 amide bonds. The van der Waals surface area contributed by atoms with Gasteiger partial charge in [0.1, 0.15) is 11.5 Å². The summed E-state index contributed by atoms with van der Waals surface area (Å²) >= 11 is 0. The highest BCUT2D eigenvalue weighted by molar-refractivity contribution is 5.70. The molecule has 0 heterocycles. The second-order valence-corrected chi connectivity index (χ2v) is 3.71. The van der Waals surface area contributed by atoms with Gasteiger partial charge in [0.25, 0.3) is 0 Å². The van der Waals surface area contributed by atoms with E-state index in [-0.39, 0.29) is 5.75 Å². The van der Waals surface area contributed by atoms with Crippen molar-refractivity contribution in [3.8, 4) is 11.5 Å². The average Bonchev–Trinajstić information content (AvgIpc) is 2.48. The van der Waals surface area contributed by atoms with E-state index in [0.29, 0.717) is 5.75 Å². The lowest BCUT2D eigenvalue weighted by Gasteiger charge is -2.02. The molecular formula is C17H20O2. The van der Waals surface area contributed by atoms with Crippen LogP contribution in [0.1, 0.15) is 25.0 Å². The number of methoxy groups -OCH3 is 1. The van der Waals surface area contributed by atoms with Gasteiger partial charge in [-0.1, -0.05) is 56.3 Å². The van der Waals surface area contributed by atoms with Crippen molar-refractivity contribution < 1.29 is 9.84 Å². The first-order valence-corrected chi connectivity index (χ1v) is 6.39. The van der Waals surface area contributed by atoms with E-state index in [9.17, 15) is 5.11 Å². The van der Waals surface area contributed by atoms with Crippen LogP contribution in [0.15, 0.2) is 48.5 Å². The first kappa shape index (κ1) is 14.8. The van der Waals surface area contributed by atoms with Gasteiger partial charge in [0.05, 0.1) is 7.11 Å². The summed E-state index contributed by atoms with van der Waals surface area (Å²) in [5.74, 6) is 0.856. The van der Waals surface area contributed by atoms with Gasteiger partial charge in [-0.2, -0.15) is 0 Å². The van der Waals surface area contributed by atoms with Crippen molar-refractivity contribution in [3.05, 3.63) is 59.7 Å². The Labute approximate surface area is 115 Å². The minimum Gasteiger partial charge on any atom is -0.508 e. The smallest absolute Gasteiger partial charge is 0.123 e. The lowest BCUT2D eigenvalue weighted by Crippen LogP contribution is -1.83. The molecule has 0 radical (unpaired) electrons. The minimum atomic E-state index is 0.206. The van der Waals surface area contributed by atoms with Gasteiger partial charge in [0.2, 0.25) is 0 Å². The van der Waals surface area contributed by atoms with E-state index in [4.69, 9.17) is 4.74 Å². The summed E-state index contributed by atoms with van der Waals surface area (Å²) in [6, 6.07) is 15.2. The summed E-state index contributed by atoms with van der Waals surface area (Å²) < 4.78 is 5.09. The van der Waals surface area contributed by atoms with Crippen LogP contribution in [-0.4, -0.2) is 12.2 Å². The van der Waals surface area contributed by atoms with E-state index in [2.05, 4.69) is 0 Å². The fraction of sp³-hybridized carbons (Fsp3) is 0.176. The summed E-state index contributed by atoms with van der Waals surface area (Å²) in [4.78, 5) is 0. The molecule has 0 atom stereocenters. The van der Waals surface area contributed by atoms with Crippen LogP contribution in [0.5, 0.6) is 11.5 Å². The number of hydrogen-bond donors (Lipinski definition) is 1. The molecule has 0 fully saturated rings. The van der Waals surface area contributed by atoms with Crippen molar-refractivity contribution >= 4 is 12.2 Å². The van der Waals surface area contributed by atoms with E-state index < -0.39 is 0 Å². The average molecular weight is 256 g/mol. The summed E-state index contributed by atoms with van der Waals surface area (Å²) in [6.07, 6.45) is 3.94. The molecule has 0 aliphatic carbocycles. The van der Waals surface area contributed by atoms with Gasteiger partial charge >= 0.3 is 0 Å². The number of aromatic hydroxyl groups is 1. The molecule has 2 heteroatoms. The number of benzene rings is 2. The molecule has 0 bridgehead atoms. The quantitative estimate of drug-likeness (QED) is 0.813. The molecule has 1 N–H and O–H groups in total. The zero-order chi connectivity index (χ0) is 14.1. The highest BCUT2D eigenvalue weighted by Gasteiger charge is 1.97. The summed E-state index contributed by atoms with van der Waals surface area (Å²) in [5, 5.41) is 9.51. The Morgan fingerprint density at radius 2 is 1.53 bits per heavy atom. The van der Waals surface area contributed by atoms with Gasteiger partial charge in [-0.3, -0.25) is 0 Å². The second-order valence-electron chi connectivity index (χ2n) is 3.71. The van der Waals surface area contributed by atoms with Gasteiger partial charge < -0.3 is 9.84 Å². The van der Waals surface area contributed by atoms with Crippen molar-refractivity contribution in [1.82, 2.24) is 0 Å². The van der Waals surface area contributed by atoms with Crippen LogP contribution < -0.4 is 4.74 Å². The van der Waals surface area contributed by atoms with E-state index in [1.807, 2.05) is 62.4 Å². The van der Waals surface area contributed by atoms with Crippen LogP contribution in [0.3, 0.4) is 0 Å². The van der Waals surface area contributed by atoms with E-state index in [0.717, 1.165) is 11.1 Å². The molecule has 2 nitrogen and oxygen atoms in total. The molecule has 0 unspecified atom stereocenters. The molecule has 2 aromatic rings. The van der Waals surface area contributed by atoms with Crippen LogP contribution in [-0.2, 0) is 0 Å². The lowest BCUT2D eigenvalue weighted by atomic mass is 10.1. The molecule has 0 aliphatic rings. The molecular weight excluding hydrogens is 236 g/mol. The molecule has 2 rings (SSSR count). The van der Waals surface area contributed by atoms with E-state index in [1.54, 1.807) is 19.2 Å². The van der Waals surface area contributed by atoms with E-state index in [1.165, 1.54) is 0 Å². The third-order valence-electron chi connectivity index (χ3n) is 2.42. The van der Waals surface area contributed by atoms with Crippen LogP contribution in [0.25, 0.3) is 12.2 Å². The summed E-state index contributed by atoms with van der Waals surface area (Å²) in [5.41, 5.74) is 2.03. The third kappa shape index (κ3) is 4.88. The number of ether oxygens (including phenoxy) is 1. The third-order valence-corrected chi connectivity index (χ3v) is 2.42. The Kier molecular flexibility index (Phi) is 6.23. The van der Waals surface area contributed by atoms with Crippen LogP contribution in [0, 0.1) is 0 Å². The molecule has 0 aromatic heterocycles. The fourth-order valence-electron chi connectivity index (χ4n) is 1.58. The maximum Gasteiger partial charge on any atom is 0.123 e. The lowest BCUT2D eigenvalue weighted by molar-refractivity contribution is 0.407. The van der Waals surface area contributed by atoms with Crippen LogP contribution in [0.2, 0.25) is 0 Å². The molecule has 2 aromatic carbocycles. The minimum absolute atomic E-state index is 0.206. The molecule has 0 aliphatic heterocycles. The van der Waals surface area contributed by atoms with Crippen molar-refractivity contribution in [1.29, 1.82) is 0 Å². The van der Waals surface area contributed by atoms with Gasteiger partial charge in [0, 0.05) is 6.07 Å². The largest absolute Gasteiger partial charge is 0.508 e. The predicted octanol–water partition coefficient (Wildman–Crippen LogP) is 4.60. The van der Waals surface area contributed by atoms with E-state index >= 15 is 0 Å². The standard InChI is InChI=1S/C15H14O2.C2H6/c1-17-15-10-13(9-14(16)11-15)8-7-12-5-3-2-4-6-12;1-2/h2-11,16H,1H3;1-2H3/b8-7+;. The zero-order valence-corrected chi connectivity index (χ0v) is 11.6. The first-order chi connectivity index (χ1) is 9.28. The Hall–Kier alpha value is -2.22. The Balaban J connectivity index is 0.000000861. The highest BCUT2D eigenvalue weighted by Crippen LogP contribution is 2.22. The van der Waals surface area contributed by atoms with Crippen molar-refractivity contribution in [2.24, 2.45) is 0 Å². The maximum atomic E-state index is 9.51. The number of rotatable bonds is 3. The zero-order valence-electron chi connectivity index (χ0n) is 11.6. The van der Waals surface area contributed by atoms with Crippen molar-refractivity contribution in [2.45, 2.75) is 13.8 Å². The number of hydrogen-bond acceptors (Lipinski definition) is 2. The first-order valence-electron chi connectivity index (χ1n) is 6.39. The van der Waals surface area contributed by atoms with Crippen LogP contribution >= 0.6 is 0 Å². The number of phenolic OH excluding ortho intramolecular Hbond substituents is 1. The van der Waals surface area contributed by atoms with Crippen molar-refractivity contribution in [2.75, 3.05) is 7.11 Å². The van der Waals surface area contributed by atoms with Gasteiger partial charge in [-0.15, -0.1) is 0 Å². The Bertz CT molecular complexity index is 516. The molecule has 0 saturated carbocycles. The summed E-state index contributed by atoms with van der Waals surface area (Å²) in [6.45, 7) is 4.00. The normalized spacial score (nSPS) is 9.84. The predicted molar refractivity (Wildman–Crippen MR) is 81.4 cm³/mol. The molecule has 19 heavy (non-hydrogen) atoms. The van der Waals surface area contributed by atoms with Gasteiger partial charge in [-0.05, 0) is 23.3 Å². The summed E-state index contributed by atoms with van der Waals surface area (Å²) in [7, 11) is 1.58. The molecule has 0 spiro atoms. The Morgan fingerprint density at radius 1 is 0.895 bits per heavy atom. The monoisotopic (exact) mass is 256 g/mol. The fourth-order valence-corrected chi connectivity index (χ4v) is 1.58. The Morgan fingerprint density at radius 3 is 2.16 bits per heavy atom. The topological polar surface area (TPSA) is 29.5 Å². The maximum absolute atomic E-state index is 9.51. The molecule has 0 saturated heterocycles. The number of phenols is 1. The SMILES string of the molecule is CC.COc1cc(O)cc(/C=C/c2ccccc2)c1. The van der Waals surface area contributed by atoms with Gasteiger partial charge in [-0.25, -0.2) is 0 Å². The second kappa shape index (κ2) is 7.98. The van der Waals surface area contributed by atoms with Crippen LogP contribution in [0.4, 0.5) is 0 Å². The van der Waals surface area contributed by atoms with Gasteiger partial charge in [0.15, 0.2) is 0 Å².